The van der Waals surface area contributed by atoms with E-state index in [1.807, 2.05) is 0 Å². The van der Waals surface area contributed by atoms with Gasteiger partial charge < -0.3 is 10.4 Å². The first-order chi connectivity index (χ1) is 9.00. The molecule has 1 aliphatic rings. The average Bonchev–Trinajstić information content (AvgIpc) is 3.08. The van der Waals surface area contributed by atoms with Gasteiger partial charge in [-0.25, -0.2) is 8.78 Å². The molecule has 19 heavy (non-hydrogen) atoms. The van der Waals surface area contributed by atoms with Crippen LogP contribution in [-0.2, 0) is 9.59 Å². The maximum Gasteiger partial charge on any atom is 0.305 e. The number of aliphatic carboxylic acids is 1. The molecule has 4 nitrogen and oxygen atoms in total. The van der Waals surface area contributed by atoms with Crippen molar-refractivity contribution in [3.63, 3.8) is 0 Å². The van der Waals surface area contributed by atoms with Gasteiger partial charge in [0.15, 0.2) is 0 Å². The van der Waals surface area contributed by atoms with Gasteiger partial charge in [-0.15, -0.1) is 0 Å². The van der Waals surface area contributed by atoms with Crippen LogP contribution >= 0.6 is 0 Å². The number of rotatable bonds is 5. The van der Waals surface area contributed by atoms with Gasteiger partial charge in [-0.2, -0.15) is 0 Å². The second kappa shape index (κ2) is 5.34. The molecule has 102 valence electrons. The summed E-state index contributed by atoms with van der Waals surface area (Å²) in [7, 11) is 0. The van der Waals surface area contributed by atoms with E-state index in [0.717, 1.165) is 12.1 Å². The van der Waals surface area contributed by atoms with Crippen LogP contribution in [0.15, 0.2) is 18.2 Å². The van der Waals surface area contributed by atoms with Crippen LogP contribution in [0.3, 0.4) is 0 Å². The van der Waals surface area contributed by atoms with Crippen molar-refractivity contribution in [2.24, 2.45) is 5.92 Å². The number of benzene rings is 1. The Kier molecular flexibility index (Phi) is 3.78. The lowest BCUT2D eigenvalue weighted by Crippen LogP contribution is -2.27. The second-order valence-corrected chi connectivity index (χ2v) is 4.52. The summed E-state index contributed by atoms with van der Waals surface area (Å²) >= 11 is 0. The number of hydrogen-bond donors (Lipinski definition) is 2. The van der Waals surface area contributed by atoms with Crippen LogP contribution in [0.4, 0.5) is 8.78 Å². The van der Waals surface area contributed by atoms with Gasteiger partial charge in [0.2, 0.25) is 5.91 Å². The number of carbonyl (C=O) groups excluding carboxylic acids is 1. The number of amides is 1. The lowest BCUT2D eigenvalue weighted by atomic mass is 10.1. The van der Waals surface area contributed by atoms with Gasteiger partial charge in [-0.05, 0) is 18.6 Å². The molecule has 1 saturated carbocycles. The molecule has 1 aliphatic carbocycles. The third kappa shape index (κ3) is 3.07. The monoisotopic (exact) mass is 269 g/mol. The Bertz CT molecular complexity index is 498. The predicted molar refractivity (Wildman–Crippen MR) is 62.5 cm³/mol. The SMILES string of the molecule is O=C(O)CCNC(=O)[C@H]1C[C@@H]1c1c(F)cccc1F. The maximum absolute atomic E-state index is 13.5. The molecule has 6 heteroatoms. The molecular weight excluding hydrogens is 256 g/mol. The van der Waals surface area contributed by atoms with Crippen LogP contribution in [0.25, 0.3) is 0 Å². The Labute approximate surface area is 108 Å². The van der Waals surface area contributed by atoms with E-state index in [2.05, 4.69) is 5.32 Å². The fourth-order valence-electron chi connectivity index (χ4n) is 2.09. The fraction of sp³-hybridized carbons (Fsp3) is 0.385. The van der Waals surface area contributed by atoms with Gasteiger partial charge in [-0.1, -0.05) is 6.07 Å². The molecule has 1 fully saturated rings. The molecular formula is C13H13F2NO3. The number of nitrogens with one attached hydrogen (secondary N) is 1. The predicted octanol–water partition coefficient (Wildman–Crippen LogP) is 1.66. The van der Waals surface area contributed by atoms with Crippen molar-refractivity contribution in [2.45, 2.75) is 18.8 Å². The molecule has 0 unspecified atom stereocenters. The molecule has 0 aliphatic heterocycles. The highest BCUT2D eigenvalue weighted by Crippen LogP contribution is 2.49. The fourth-order valence-corrected chi connectivity index (χ4v) is 2.09. The normalized spacial score (nSPS) is 20.9. The summed E-state index contributed by atoms with van der Waals surface area (Å²) in [5.41, 5.74) is -0.0547. The van der Waals surface area contributed by atoms with E-state index in [0.29, 0.717) is 6.42 Å². The van der Waals surface area contributed by atoms with Crippen LogP contribution in [-0.4, -0.2) is 23.5 Å². The van der Waals surface area contributed by atoms with Gasteiger partial charge in [0.25, 0.3) is 0 Å². The minimum Gasteiger partial charge on any atom is -0.481 e. The van der Waals surface area contributed by atoms with Crippen molar-refractivity contribution in [3.05, 3.63) is 35.4 Å². The zero-order valence-corrected chi connectivity index (χ0v) is 10.0. The molecule has 0 spiro atoms. The molecule has 2 atom stereocenters. The zero-order valence-electron chi connectivity index (χ0n) is 10.0. The Hall–Kier alpha value is -1.98. The van der Waals surface area contributed by atoms with Crippen molar-refractivity contribution >= 4 is 11.9 Å². The number of hydrogen-bond acceptors (Lipinski definition) is 2. The number of carboxylic acid groups (broad SMARTS) is 1. The van der Waals surface area contributed by atoms with Gasteiger partial charge in [0.1, 0.15) is 11.6 Å². The summed E-state index contributed by atoms with van der Waals surface area (Å²) in [5.74, 6) is -3.58. The lowest BCUT2D eigenvalue weighted by molar-refractivity contribution is -0.136. The molecule has 1 aromatic rings. The second-order valence-electron chi connectivity index (χ2n) is 4.52. The molecule has 1 aromatic carbocycles. The number of carboxylic acids is 1. The van der Waals surface area contributed by atoms with Crippen LogP contribution in [0, 0.1) is 17.6 Å². The van der Waals surface area contributed by atoms with Crippen LogP contribution in [0.1, 0.15) is 24.3 Å². The van der Waals surface area contributed by atoms with Gasteiger partial charge in [-0.3, -0.25) is 9.59 Å². The topological polar surface area (TPSA) is 66.4 Å². The number of carbonyl (C=O) groups is 2. The molecule has 1 amide bonds. The Morgan fingerprint density at radius 2 is 1.95 bits per heavy atom. The first-order valence-electron chi connectivity index (χ1n) is 5.94. The third-order valence-electron chi connectivity index (χ3n) is 3.14. The summed E-state index contributed by atoms with van der Waals surface area (Å²) in [6.45, 7) is 0.0249. The largest absolute Gasteiger partial charge is 0.481 e. The van der Waals surface area contributed by atoms with Crippen molar-refractivity contribution in [2.75, 3.05) is 6.54 Å². The highest BCUT2D eigenvalue weighted by atomic mass is 19.1. The molecule has 2 N–H and O–H groups in total. The highest BCUT2D eigenvalue weighted by Gasteiger charge is 2.46. The van der Waals surface area contributed by atoms with E-state index in [1.54, 1.807) is 0 Å². The molecule has 0 bridgehead atoms. The van der Waals surface area contributed by atoms with Crippen LogP contribution in [0.5, 0.6) is 0 Å². The molecule has 0 saturated heterocycles. The summed E-state index contributed by atoms with van der Waals surface area (Å²) < 4.78 is 27.0. The van der Waals surface area contributed by atoms with Crippen LogP contribution < -0.4 is 5.32 Å². The third-order valence-corrected chi connectivity index (χ3v) is 3.14. The molecule has 0 heterocycles. The van der Waals surface area contributed by atoms with Gasteiger partial charge in [0, 0.05) is 23.9 Å². The summed E-state index contributed by atoms with van der Waals surface area (Å²) in [5, 5.41) is 10.9. The minimum atomic E-state index is -1.01. The summed E-state index contributed by atoms with van der Waals surface area (Å²) in [6.07, 6.45) is 0.216. The molecule has 2 rings (SSSR count). The van der Waals surface area contributed by atoms with E-state index >= 15 is 0 Å². The minimum absolute atomic E-state index is 0.0249. The van der Waals surface area contributed by atoms with Crippen molar-refractivity contribution < 1.29 is 23.5 Å². The zero-order chi connectivity index (χ0) is 14.0. The Balaban J connectivity index is 1.93. The Morgan fingerprint density at radius 1 is 1.32 bits per heavy atom. The molecule has 0 radical (unpaired) electrons. The summed E-state index contributed by atoms with van der Waals surface area (Å²) in [6, 6.07) is 3.60. The highest BCUT2D eigenvalue weighted by molar-refractivity contribution is 5.83. The summed E-state index contributed by atoms with van der Waals surface area (Å²) in [4.78, 5) is 21.9. The molecule has 0 aromatic heterocycles. The van der Waals surface area contributed by atoms with Gasteiger partial charge in [0.05, 0.1) is 6.42 Å². The average molecular weight is 269 g/mol. The number of halogens is 2. The Morgan fingerprint density at radius 3 is 2.53 bits per heavy atom. The maximum atomic E-state index is 13.5. The van der Waals surface area contributed by atoms with Crippen LogP contribution in [0.2, 0.25) is 0 Å². The van der Waals surface area contributed by atoms with E-state index in [-0.39, 0.29) is 24.4 Å². The van der Waals surface area contributed by atoms with Crippen molar-refractivity contribution in [1.29, 1.82) is 0 Å². The van der Waals surface area contributed by atoms with Crippen molar-refractivity contribution in [3.8, 4) is 0 Å². The first-order valence-corrected chi connectivity index (χ1v) is 5.94. The first kappa shape index (κ1) is 13.5. The van der Waals surface area contributed by atoms with Gasteiger partial charge >= 0.3 is 5.97 Å². The van der Waals surface area contributed by atoms with Crippen molar-refractivity contribution in [1.82, 2.24) is 5.32 Å². The van der Waals surface area contributed by atoms with E-state index in [4.69, 9.17) is 5.11 Å². The quantitative estimate of drug-likeness (QED) is 0.854. The standard InChI is InChI=1S/C13H13F2NO3/c14-9-2-1-3-10(15)12(9)7-6-8(7)13(19)16-5-4-11(17)18/h1-3,7-8H,4-6H2,(H,16,19)(H,17,18)/t7-,8-/m0/s1. The van der Waals surface area contributed by atoms with E-state index in [1.165, 1.54) is 6.07 Å². The van der Waals surface area contributed by atoms with E-state index < -0.39 is 29.4 Å². The smallest absolute Gasteiger partial charge is 0.305 e. The lowest BCUT2D eigenvalue weighted by Gasteiger charge is -2.05. The van der Waals surface area contributed by atoms with E-state index in [9.17, 15) is 18.4 Å².